The molecule has 1 aromatic heterocycles. The predicted octanol–water partition coefficient (Wildman–Crippen LogP) is 13.6. The lowest BCUT2D eigenvalue weighted by Gasteiger charge is -2.31. The normalized spacial score (nSPS) is 13.8. The van der Waals surface area contributed by atoms with Gasteiger partial charge >= 0.3 is 0 Å². The molecular weight excluding hydrogens is 889 g/mol. The van der Waals surface area contributed by atoms with Crippen molar-refractivity contribution in [3.63, 3.8) is 0 Å². The molecule has 1 spiro atoms. The quantitative estimate of drug-likeness (QED) is 0.0597. The number of phenols is 8. The molecule has 0 saturated heterocycles. The Bertz CT molecular complexity index is 3840. The third kappa shape index (κ3) is 5.64. The van der Waals surface area contributed by atoms with E-state index in [9.17, 15) is 40.9 Å². The van der Waals surface area contributed by atoms with E-state index in [4.69, 9.17) is 0 Å². The van der Waals surface area contributed by atoms with Gasteiger partial charge < -0.3 is 50.3 Å². The van der Waals surface area contributed by atoms with E-state index in [2.05, 4.69) is 137 Å². The number of anilines is 3. The Morgan fingerprint density at radius 3 is 1.44 bits per heavy atom. The van der Waals surface area contributed by atoms with Crippen LogP contribution in [-0.4, -0.2) is 45.4 Å². The van der Waals surface area contributed by atoms with Gasteiger partial charge in [0.25, 0.3) is 0 Å². The highest BCUT2D eigenvalue weighted by atomic mass is 16.4. The highest BCUT2D eigenvalue weighted by Gasteiger charge is 2.59. The molecule has 0 saturated carbocycles. The smallest absolute Gasteiger partial charge is 0.204 e. The molecule has 13 rings (SSSR count). The summed E-state index contributed by atoms with van der Waals surface area (Å²) in [6.07, 6.45) is 8.69. The van der Waals surface area contributed by atoms with E-state index in [1.165, 1.54) is 16.3 Å². The fraction of sp³-hybridized carbons (Fsp3) is 0.0492. The molecule has 0 aliphatic heterocycles. The Morgan fingerprint density at radius 2 is 0.873 bits per heavy atom. The average molecular weight is 931 g/mol. The summed E-state index contributed by atoms with van der Waals surface area (Å²) in [5, 5.41) is 93.0. The molecule has 0 fully saturated rings. The van der Waals surface area contributed by atoms with Gasteiger partial charge in [-0.2, -0.15) is 0 Å². The van der Waals surface area contributed by atoms with E-state index in [-0.39, 0.29) is 22.3 Å². The summed E-state index contributed by atoms with van der Waals surface area (Å²) in [5.41, 5.74) is 9.41. The number of phenolic OH excluding ortho intramolecular Hbond substituents is 8. The highest BCUT2D eigenvalue weighted by molar-refractivity contribution is 6.10. The molecule has 0 amide bonds. The molecule has 0 radical (unpaired) electrons. The monoisotopic (exact) mass is 930 g/mol. The van der Waals surface area contributed by atoms with Crippen LogP contribution in [0.3, 0.4) is 0 Å². The number of hydrogen-bond donors (Lipinski definition) is 8. The van der Waals surface area contributed by atoms with E-state index >= 15 is 0 Å². The van der Waals surface area contributed by atoms with Crippen molar-refractivity contribution in [2.75, 3.05) is 4.90 Å². The number of aromatic nitrogens is 1. The maximum absolute atomic E-state index is 11.9. The topological polar surface area (TPSA) is 170 Å². The van der Waals surface area contributed by atoms with Crippen LogP contribution >= 0.6 is 0 Å². The molecule has 3 aliphatic rings. The Morgan fingerprint density at radius 1 is 0.394 bits per heavy atom. The first-order valence-electron chi connectivity index (χ1n) is 23.3. The minimum absolute atomic E-state index is 0.170. The van der Waals surface area contributed by atoms with Crippen LogP contribution in [-0.2, 0) is 5.41 Å². The molecule has 10 heteroatoms. The summed E-state index contributed by atoms with van der Waals surface area (Å²) in [7, 11) is 0. The maximum atomic E-state index is 11.9. The van der Waals surface area contributed by atoms with E-state index < -0.39 is 51.4 Å². The van der Waals surface area contributed by atoms with Gasteiger partial charge in [-0.05, 0) is 118 Å². The van der Waals surface area contributed by atoms with Crippen LogP contribution in [0.5, 0.6) is 46.0 Å². The zero-order valence-corrected chi connectivity index (χ0v) is 37.7. The molecule has 1 heterocycles. The number of fused-ring (bicyclic) bond motifs is 13. The zero-order valence-electron chi connectivity index (χ0n) is 37.7. The van der Waals surface area contributed by atoms with Crippen LogP contribution in [0.2, 0.25) is 0 Å². The summed E-state index contributed by atoms with van der Waals surface area (Å²) in [6.45, 7) is 0. The van der Waals surface area contributed by atoms with E-state index in [1.54, 1.807) is 18.2 Å². The first kappa shape index (κ1) is 41.6. The Kier molecular flexibility index (Phi) is 8.93. The van der Waals surface area contributed by atoms with Gasteiger partial charge in [-0.15, -0.1) is 0 Å². The van der Waals surface area contributed by atoms with Crippen LogP contribution < -0.4 is 4.90 Å². The van der Waals surface area contributed by atoms with Gasteiger partial charge in [-0.1, -0.05) is 121 Å². The van der Waals surface area contributed by atoms with Gasteiger partial charge in [0.1, 0.15) is 0 Å². The maximum Gasteiger partial charge on any atom is 0.204 e. The molecule has 8 N–H and O–H groups in total. The molecular formula is C61H42N2O8. The molecule has 0 atom stereocenters. The van der Waals surface area contributed by atoms with Crippen molar-refractivity contribution in [1.82, 2.24) is 4.57 Å². The minimum Gasteiger partial charge on any atom is -0.504 e. The lowest BCUT2D eigenvalue weighted by Crippen LogP contribution is -2.26. The van der Waals surface area contributed by atoms with Crippen LogP contribution in [0.15, 0.2) is 182 Å². The van der Waals surface area contributed by atoms with Gasteiger partial charge in [-0.25, -0.2) is 0 Å². The molecule has 0 unspecified atom stereocenters. The molecule has 3 aliphatic carbocycles. The van der Waals surface area contributed by atoms with Crippen LogP contribution in [0.25, 0.3) is 66.4 Å². The summed E-state index contributed by atoms with van der Waals surface area (Å²) < 4.78 is 2.30. The van der Waals surface area contributed by atoms with Crippen molar-refractivity contribution in [1.29, 1.82) is 0 Å². The summed E-state index contributed by atoms with van der Waals surface area (Å²) in [4.78, 5) is 2.22. The van der Waals surface area contributed by atoms with Crippen molar-refractivity contribution in [2.24, 2.45) is 0 Å². The highest BCUT2D eigenvalue weighted by Crippen LogP contribution is 2.74. The number of para-hydroxylation sites is 2. The largest absolute Gasteiger partial charge is 0.504 e. The van der Waals surface area contributed by atoms with Crippen molar-refractivity contribution < 1.29 is 40.9 Å². The second-order valence-electron chi connectivity index (χ2n) is 18.3. The molecule has 0 bridgehead atoms. The van der Waals surface area contributed by atoms with Crippen LogP contribution in [0.4, 0.5) is 17.1 Å². The fourth-order valence-corrected chi connectivity index (χ4v) is 11.7. The van der Waals surface area contributed by atoms with Gasteiger partial charge in [0.2, 0.25) is 23.0 Å². The van der Waals surface area contributed by atoms with E-state index in [0.717, 1.165) is 63.3 Å². The standard InChI is InChI=1S/C61H42N2O8/c64-53-49-50-52(56(67)60(71)58(69)54(50)65)61(51(49)55(66)59(70)57(53)68)44-17-7-4-15-43(44)48-40(16-10-18-45(48)61)35-23-27-37(28-24-35)62(36-25-21-34(22-26-36)33-11-2-1-3-12-33)38-29-31-39(32-30-38)63-46-19-8-5-13-41(46)42-14-6-9-20-47(42)63/h2,4-32,64-71H,1,3H2. The van der Waals surface area contributed by atoms with Gasteiger partial charge in [0.05, 0.1) is 16.4 Å². The Hall–Kier alpha value is -9.54. The second-order valence-corrected chi connectivity index (χ2v) is 18.3. The molecule has 10 nitrogen and oxygen atoms in total. The average Bonchev–Trinajstić information content (AvgIpc) is 4.04. The summed E-state index contributed by atoms with van der Waals surface area (Å²) >= 11 is 0. The second kappa shape index (κ2) is 15.2. The zero-order chi connectivity index (χ0) is 48.4. The van der Waals surface area contributed by atoms with E-state index in [1.807, 2.05) is 36.4 Å². The van der Waals surface area contributed by atoms with Gasteiger partial charge in [0.15, 0.2) is 23.0 Å². The number of hydrogen-bond acceptors (Lipinski definition) is 9. The first-order valence-corrected chi connectivity index (χ1v) is 23.3. The number of rotatable bonds is 6. The lowest BCUT2D eigenvalue weighted by atomic mass is 9.69. The molecule has 9 aromatic carbocycles. The molecule has 344 valence electrons. The molecule has 10 aromatic rings. The SMILES string of the molecule is Oc1c(O)c(O)c2c(c1O)-c1c(O)c(O)c(O)c(O)c1C21c2ccccc2-c2c(-c3ccc(N(c4ccc(C5=CCCC=C5)cc4)c4ccc(-n5c6ccccc6c6ccccc65)cc4)cc3)cccc21. The van der Waals surface area contributed by atoms with Crippen molar-refractivity contribution in [3.05, 3.63) is 210 Å². The summed E-state index contributed by atoms with van der Waals surface area (Å²) in [5.74, 6) is -7.67. The van der Waals surface area contributed by atoms with Crippen molar-refractivity contribution in [2.45, 2.75) is 18.3 Å². The third-order valence-electron chi connectivity index (χ3n) is 14.7. The first-order chi connectivity index (χ1) is 34.6. The number of benzene rings is 9. The number of aromatic hydroxyl groups is 8. The van der Waals surface area contributed by atoms with Crippen LogP contribution in [0.1, 0.15) is 40.7 Å². The van der Waals surface area contributed by atoms with Crippen molar-refractivity contribution >= 4 is 44.4 Å². The fourth-order valence-electron chi connectivity index (χ4n) is 11.7. The predicted molar refractivity (Wildman–Crippen MR) is 277 cm³/mol. The Labute approximate surface area is 406 Å². The number of allylic oxidation sites excluding steroid dienone is 4. The van der Waals surface area contributed by atoms with Gasteiger partial charge in [0, 0.05) is 55.8 Å². The summed E-state index contributed by atoms with van der Waals surface area (Å²) in [6, 6.07) is 55.0. The van der Waals surface area contributed by atoms with E-state index in [0.29, 0.717) is 22.3 Å². The number of nitrogens with zero attached hydrogens (tertiary/aromatic N) is 2. The van der Waals surface area contributed by atoms with Crippen LogP contribution in [0, 0.1) is 0 Å². The Balaban J connectivity index is 0.970. The molecule has 71 heavy (non-hydrogen) atoms. The van der Waals surface area contributed by atoms with Crippen molar-refractivity contribution in [3.8, 4) is 85.1 Å². The third-order valence-corrected chi connectivity index (χ3v) is 14.7. The minimum atomic E-state index is -1.80. The van der Waals surface area contributed by atoms with Gasteiger partial charge in [-0.3, -0.25) is 0 Å². The lowest BCUT2D eigenvalue weighted by molar-refractivity contribution is 0.342.